The van der Waals surface area contributed by atoms with E-state index in [2.05, 4.69) is 5.32 Å². The third-order valence-electron chi connectivity index (χ3n) is 3.87. The van der Waals surface area contributed by atoms with Crippen LogP contribution in [0.2, 0.25) is 0 Å². The standard InChI is InChI=1S/C18H19NO3S/c1-23(21)12-14-7-3-5-9-16(14)19-18(20)17-15-8-4-2-6-13(15)10-11-22-17/h2-9,17H,10-12H2,1H3,(H,19,20)/t17-,23+/m0/s1. The smallest absolute Gasteiger partial charge is 0.258 e. The molecule has 3 rings (SSSR count). The van der Waals surface area contributed by atoms with Gasteiger partial charge in [0.15, 0.2) is 6.10 Å². The van der Waals surface area contributed by atoms with Crippen molar-refractivity contribution < 1.29 is 13.7 Å². The molecule has 1 N–H and O–H groups in total. The molecule has 2 aromatic rings. The molecule has 0 spiro atoms. The minimum absolute atomic E-state index is 0.188. The molecule has 2 aromatic carbocycles. The Morgan fingerprint density at radius 1 is 1.22 bits per heavy atom. The zero-order valence-electron chi connectivity index (χ0n) is 13.0. The Labute approximate surface area is 138 Å². The Bertz CT molecular complexity index is 745. The van der Waals surface area contributed by atoms with Gasteiger partial charge in [0.1, 0.15) is 0 Å². The summed E-state index contributed by atoms with van der Waals surface area (Å²) in [5.41, 5.74) is 3.64. The maximum absolute atomic E-state index is 12.7. The van der Waals surface area contributed by atoms with Gasteiger partial charge in [-0.1, -0.05) is 42.5 Å². The third-order valence-corrected chi connectivity index (χ3v) is 4.58. The van der Waals surface area contributed by atoms with E-state index >= 15 is 0 Å². The quantitative estimate of drug-likeness (QED) is 0.938. The van der Waals surface area contributed by atoms with E-state index in [4.69, 9.17) is 4.74 Å². The van der Waals surface area contributed by atoms with Gasteiger partial charge < -0.3 is 10.1 Å². The highest BCUT2D eigenvalue weighted by molar-refractivity contribution is 7.83. The molecule has 23 heavy (non-hydrogen) atoms. The van der Waals surface area contributed by atoms with E-state index in [0.717, 1.165) is 23.1 Å². The summed E-state index contributed by atoms with van der Waals surface area (Å²) < 4.78 is 17.2. The first-order valence-electron chi connectivity index (χ1n) is 7.53. The fourth-order valence-corrected chi connectivity index (χ4v) is 3.49. The SMILES string of the molecule is C[S@@](=O)Cc1ccccc1NC(=O)[C@H]1OCCc2ccccc21. The Morgan fingerprint density at radius 2 is 1.96 bits per heavy atom. The second-order valence-corrected chi connectivity index (χ2v) is 7.00. The first kappa shape index (κ1) is 15.9. The summed E-state index contributed by atoms with van der Waals surface area (Å²) in [6.07, 6.45) is 1.88. The van der Waals surface area contributed by atoms with Crippen LogP contribution in [0.5, 0.6) is 0 Å². The molecule has 0 unspecified atom stereocenters. The summed E-state index contributed by atoms with van der Waals surface area (Å²) in [6, 6.07) is 15.3. The molecule has 1 heterocycles. The van der Waals surface area contributed by atoms with Gasteiger partial charge in [0.25, 0.3) is 5.91 Å². The van der Waals surface area contributed by atoms with Crippen molar-refractivity contribution in [3.05, 3.63) is 65.2 Å². The average molecular weight is 329 g/mol. The number of amides is 1. The van der Waals surface area contributed by atoms with Gasteiger partial charge in [0.05, 0.1) is 12.4 Å². The molecule has 1 amide bonds. The van der Waals surface area contributed by atoms with Crippen LogP contribution in [-0.2, 0) is 32.5 Å². The maximum atomic E-state index is 12.7. The van der Waals surface area contributed by atoms with Crippen LogP contribution in [0.25, 0.3) is 0 Å². The highest BCUT2D eigenvalue weighted by Crippen LogP contribution is 2.28. The number of hydrogen-bond acceptors (Lipinski definition) is 3. The van der Waals surface area contributed by atoms with Crippen LogP contribution in [0.1, 0.15) is 22.8 Å². The Morgan fingerprint density at radius 3 is 2.78 bits per heavy atom. The second-order valence-electron chi connectivity index (χ2n) is 5.56. The molecule has 1 aliphatic rings. The number of para-hydroxylation sites is 1. The average Bonchev–Trinajstić information content (AvgIpc) is 2.55. The molecule has 0 saturated heterocycles. The zero-order chi connectivity index (χ0) is 16.2. The summed E-state index contributed by atoms with van der Waals surface area (Å²) in [5, 5.41) is 2.93. The first-order chi connectivity index (χ1) is 11.1. The topological polar surface area (TPSA) is 55.4 Å². The molecule has 120 valence electrons. The molecule has 0 saturated carbocycles. The number of nitrogens with one attached hydrogen (secondary N) is 1. The van der Waals surface area contributed by atoms with Crippen LogP contribution >= 0.6 is 0 Å². The Hall–Kier alpha value is -1.98. The van der Waals surface area contributed by atoms with E-state index in [1.807, 2.05) is 48.5 Å². The molecule has 2 atom stereocenters. The van der Waals surface area contributed by atoms with Crippen molar-refractivity contribution >= 4 is 22.4 Å². The van der Waals surface area contributed by atoms with Crippen molar-refractivity contribution in [1.29, 1.82) is 0 Å². The van der Waals surface area contributed by atoms with Gasteiger partial charge >= 0.3 is 0 Å². The van der Waals surface area contributed by atoms with Crippen molar-refractivity contribution in [3.8, 4) is 0 Å². The Kier molecular flexibility index (Phi) is 4.88. The second kappa shape index (κ2) is 7.06. The predicted octanol–water partition coefficient (Wildman–Crippen LogP) is 2.82. The summed E-state index contributed by atoms with van der Waals surface area (Å²) in [5.74, 6) is 0.227. The number of ether oxygens (including phenoxy) is 1. The fourth-order valence-electron chi connectivity index (χ4n) is 2.80. The summed E-state index contributed by atoms with van der Waals surface area (Å²) in [7, 11) is -0.965. The molecular weight excluding hydrogens is 310 g/mol. The van der Waals surface area contributed by atoms with Crippen molar-refractivity contribution in [2.24, 2.45) is 0 Å². The van der Waals surface area contributed by atoms with Crippen molar-refractivity contribution in [1.82, 2.24) is 0 Å². The molecule has 1 aliphatic heterocycles. The molecule has 5 heteroatoms. The molecule has 0 bridgehead atoms. The van der Waals surface area contributed by atoms with E-state index in [1.54, 1.807) is 6.26 Å². The van der Waals surface area contributed by atoms with E-state index in [-0.39, 0.29) is 5.91 Å². The monoisotopic (exact) mass is 329 g/mol. The van der Waals surface area contributed by atoms with Crippen molar-refractivity contribution in [3.63, 3.8) is 0 Å². The van der Waals surface area contributed by atoms with Gasteiger partial charge in [-0.2, -0.15) is 0 Å². The lowest BCUT2D eigenvalue weighted by Gasteiger charge is -2.25. The van der Waals surface area contributed by atoms with Crippen LogP contribution < -0.4 is 5.32 Å². The highest BCUT2D eigenvalue weighted by atomic mass is 32.2. The van der Waals surface area contributed by atoms with Gasteiger partial charge in [-0.25, -0.2) is 0 Å². The lowest BCUT2D eigenvalue weighted by Crippen LogP contribution is -2.28. The number of rotatable bonds is 4. The van der Waals surface area contributed by atoms with Crippen LogP contribution in [0.4, 0.5) is 5.69 Å². The molecule has 0 fully saturated rings. The van der Waals surface area contributed by atoms with Gasteiger partial charge in [-0.05, 0) is 29.2 Å². The molecular formula is C18H19NO3S. The Balaban J connectivity index is 1.82. The lowest BCUT2D eigenvalue weighted by atomic mass is 9.97. The lowest BCUT2D eigenvalue weighted by molar-refractivity contribution is -0.128. The van der Waals surface area contributed by atoms with E-state index < -0.39 is 16.9 Å². The largest absolute Gasteiger partial charge is 0.363 e. The highest BCUT2D eigenvalue weighted by Gasteiger charge is 2.27. The third kappa shape index (κ3) is 3.68. The first-order valence-corrected chi connectivity index (χ1v) is 9.26. The van der Waals surface area contributed by atoms with Crippen molar-refractivity contribution in [2.75, 3.05) is 18.2 Å². The summed E-state index contributed by atoms with van der Waals surface area (Å²) >= 11 is 0. The predicted molar refractivity (Wildman–Crippen MR) is 91.7 cm³/mol. The number of carbonyl (C=O) groups excluding carboxylic acids is 1. The van der Waals surface area contributed by atoms with Gasteiger partial charge in [0.2, 0.25) is 0 Å². The van der Waals surface area contributed by atoms with Gasteiger partial charge in [-0.15, -0.1) is 0 Å². The van der Waals surface area contributed by atoms with E-state index in [0.29, 0.717) is 18.0 Å². The van der Waals surface area contributed by atoms with E-state index in [1.165, 1.54) is 0 Å². The van der Waals surface area contributed by atoms with E-state index in [9.17, 15) is 9.00 Å². The number of fused-ring (bicyclic) bond motifs is 1. The van der Waals surface area contributed by atoms with Crippen LogP contribution in [-0.4, -0.2) is 23.0 Å². The minimum Gasteiger partial charge on any atom is -0.363 e. The maximum Gasteiger partial charge on any atom is 0.258 e. The minimum atomic E-state index is -0.965. The zero-order valence-corrected chi connectivity index (χ0v) is 13.8. The van der Waals surface area contributed by atoms with Crippen LogP contribution in [0.3, 0.4) is 0 Å². The fraction of sp³-hybridized carbons (Fsp3) is 0.278. The van der Waals surface area contributed by atoms with Gasteiger partial charge in [0, 0.05) is 22.7 Å². The summed E-state index contributed by atoms with van der Waals surface area (Å²) in [4.78, 5) is 12.7. The normalized spacial score (nSPS) is 18.0. The number of carbonyl (C=O) groups is 1. The number of anilines is 1. The van der Waals surface area contributed by atoms with Crippen molar-refractivity contribution in [2.45, 2.75) is 18.3 Å². The molecule has 0 aliphatic carbocycles. The molecule has 4 nitrogen and oxygen atoms in total. The molecule has 0 aromatic heterocycles. The number of hydrogen-bond donors (Lipinski definition) is 1. The summed E-state index contributed by atoms with van der Waals surface area (Å²) in [6.45, 7) is 0.537. The molecule has 0 radical (unpaired) electrons. The number of benzene rings is 2. The van der Waals surface area contributed by atoms with Crippen LogP contribution in [0.15, 0.2) is 48.5 Å². The van der Waals surface area contributed by atoms with Gasteiger partial charge in [-0.3, -0.25) is 9.00 Å². The van der Waals surface area contributed by atoms with Crippen LogP contribution in [0, 0.1) is 0 Å².